The van der Waals surface area contributed by atoms with Crippen molar-refractivity contribution in [2.75, 3.05) is 46.9 Å². The van der Waals surface area contributed by atoms with Crippen LogP contribution in [-0.2, 0) is 22.4 Å². The molecule has 194 valence electrons. The number of carbonyl (C=O) groups is 1. The lowest BCUT2D eigenvalue weighted by Gasteiger charge is -2.23. The second-order valence-corrected chi connectivity index (χ2v) is 9.51. The molecule has 0 N–H and O–H groups in total. The van der Waals surface area contributed by atoms with Crippen LogP contribution in [0.5, 0.6) is 5.75 Å². The van der Waals surface area contributed by atoms with Crippen molar-refractivity contribution in [2.45, 2.75) is 32.8 Å². The SMILES string of the molecule is COCCN(C)CC(=O)N1CCc2ccc(-c3noc(-c4ccc(OC(C)C)c(C#N)c4)n3)cc2CC1. The zero-order chi connectivity index (χ0) is 26.4. The third-order valence-corrected chi connectivity index (χ3v) is 6.34. The van der Waals surface area contributed by atoms with E-state index in [1.165, 1.54) is 11.1 Å². The number of fused-ring (bicyclic) bond motifs is 1. The van der Waals surface area contributed by atoms with Crippen LogP contribution in [0.3, 0.4) is 0 Å². The molecule has 0 spiro atoms. The van der Waals surface area contributed by atoms with Crippen LogP contribution < -0.4 is 4.74 Å². The van der Waals surface area contributed by atoms with Crippen molar-refractivity contribution >= 4 is 5.91 Å². The molecule has 3 aromatic rings. The molecule has 0 saturated heterocycles. The van der Waals surface area contributed by atoms with Gasteiger partial charge in [0.25, 0.3) is 5.89 Å². The first kappa shape index (κ1) is 26.3. The van der Waals surface area contributed by atoms with Gasteiger partial charge in [-0.2, -0.15) is 10.2 Å². The first-order valence-electron chi connectivity index (χ1n) is 12.5. The Morgan fingerprint density at radius 3 is 2.65 bits per heavy atom. The van der Waals surface area contributed by atoms with E-state index in [9.17, 15) is 10.1 Å². The van der Waals surface area contributed by atoms with Crippen LogP contribution in [0.4, 0.5) is 0 Å². The highest BCUT2D eigenvalue weighted by atomic mass is 16.5. The van der Waals surface area contributed by atoms with Gasteiger partial charge in [0.15, 0.2) is 0 Å². The predicted octanol–water partition coefficient (Wildman–Crippen LogP) is 3.57. The summed E-state index contributed by atoms with van der Waals surface area (Å²) in [6, 6.07) is 13.6. The number of methoxy groups -OCH3 is 1. The largest absolute Gasteiger partial charge is 0.490 e. The summed E-state index contributed by atoms with van der Waals surface area (Å²) in [5, 5.41) is 13.7. The molecule has 2 aromatic carbocycles. The average molecular weight is 504 g/mol. The number of rotatable bonds is 9. The zero-order valence-electron chi connectivity index (χ0n) is 21.9. The van der Waals surface area contributed by atoms with Crippen molar-refractivity contribution in [2.24, 2.45) is 0 Å². The number of nitriles is 1. The third kappa shape index (κ3) is 6.53. The second kappa shape index (κ2) is 12.0. The molecule has 1 aromatic heterocycles. The maximum Gasteiger partial charge on any atom is 0.258 e. The van der Waals surface area contributed by atoms with Crippen LogP contribution in [0.25, 0.3) is 22.8 Å². The standard InChI is InChI=1S/C28H33N5O4/c1-19(2)36-25-8-7-23(16-24(25)17-29)28-30-27(31-37-28)22-6-5-20-9-11-33(12-10-21(20)15-22)26(34)18-32(3)13-14-35-4/h5-8,15-16,19H,9-14,18H2,1-4H3. The lowest BCUT2D eigenvalue weighted by molar-refractivity contribution is -0.132. The number of carbonyl (C=O) groups excluding carboxylic acids is 1. The van der Waals surface area contributed by atoms with E-state index >= 15 is 0 Å². The maximum absolute atomic E-state index is 12.8. The Morgan fingerprint density at radius 1 is 1.16 bits per heavy atom. The Morgan fingerprint density at radius 2 is 1.92 bits per heavy atom. The van der Waals surface area contributed by atoms with Gasteiger partial charge in [-0.1, -0.05) is 17.3 Å². The fourth-order valence-electron chi connectivity index (χ4n) is 4.34. The Balaban J connectivity index is 1.46. The quantitative estimate of drug-likeness (QED) is 0.437. The molecule has 0 radical (unpaired) electrons. The van der Waals surface area contributed by atoms with E-state index in [0.29, 0.717) is 54.8 Å². The van der Waals surface area contributed by atoms with Crippen LogP contribution in [-0.4, -0.2) is 78.9 Å². The molecule has 9 nitrogen and oxygen atoms in total. The third-order valence-electron chi connectivity index (χ3n) is 6.34. The minimum atomic E-state index is -0.0337. The smallest absolute Gasteiger partial charge is 0.258 e. The molecule has 1 aliphatic rings. The number of hydrogen-bond donors (Lipinski definition) is 0. The van der Waals surface area contributed by atoms with E-state index < -0.39 is 0 Å². The van der Waals surface area contributed by atoms with Crippen LogP contribution in [0.2, 0.25) is 0 Å². The lowest BCUT2D eigenvalue weighted by atomic mass is 10.00. The lowest BCUT2D eigenvalue weighted by Crippen LogP contribution is -2.41. The van der Waals surface area contributed by atoms with Gasteiger partial charge < -0.3 is 18.9 Å². The summed E-state index contributed by atoms with van der Waals surface area (Å²) in [5.41, 5.74) is 4.35. The van der Waals surface area contributed by atoms with Gasteiger partial charge in [0.05, 0.1) is 24.8 Å². The van der Waals surface area contributed by atoms with Crippen LogP contribution in [0, 0.1) is 11.3 Å². The van der Waals surface area contributed by atoms with Crippen molar-refractivity contribution in [3.05, 3.63) is 53.1 Å². The maximum atomic E-state index is 12.8. The van der Waals surface area contributed by atoms with E-state index in [1.807, 2.05) is 42.8 Å². The first-order chi connectivity index (χ1) is 17.9. The summed E-state index contributed by atoms with van der Waals surface area (Å²) >= 11 is 0. The molecule has 2 heterocycles. The molecular formula is C28H33N5O4. The molecule has 9 heteroatoms. The summed E-state index contributed by atoms with van der Waals surface area (Å²) in [7, 11) is 3.60. The minimum absolute atomic E-state index is 0.0337. The fourth-order valence-corrected chi connectivity index (χ4v) is 4.34. The van der Waals surface area contributed by atoms with Crippen molar-refractivity contribution in [3.8, 4) is 34.7 Å². The molecular weight excluding hydrogens is 470 g/mol. The Bertz CT molecular complexity index is 1280. The monoisotopic (exact) mass is 503 g/mol. The fraction of sp³-hybridized carbons (Fsp3) is 0.429. The highest BCUT2D eigenvalue weighted by molar-refractivity contribution is 5.78. The number of ether oxygens (including phenoxy) is 2. The Labute approximate surface area is 217 Å². The van der Waals surface area contributed by atoms with Crippen LogP contribution >= 0.6 is 0 Å². The van der Waals surface area contributed by atoms with Gasteiger partial charge in [0.2, 0.25) is 11.7 Å². The molecule has 1 amide bonds. The molecule has 0 saturated carbocycles. The van der Waals surface area contributed by atoms with Gasteiger partial charge in [-0.25, -0.2) is 0 Å². The van der Waals surface area contributed by atoms with Crippen LogP contribution in [0.15, 0.2) is 40.9 Å². The summed E-state index contributed by atoms with van der Waals surface area (Å²) in [6.07, 6.45) is 1.54. The van der Waals surface area contributed by atoms with E-state index in [4.69, 9.17) is 14.0 Å². The van der Waals surface area contributed by atoms with Crippen molar-refractivity contribution < 1.29 is 18.8 Å². The van der Waals surface area contributed by atoms with Gasteiger partial charge >= 0.3 is 0 Å². The number of likely N-dealkylation sites (N-methyl/N-ethyl adjacent to an activating group) is 1. The second-order valence-electron chi connectivity index (χ2n) is 9.51. The Hall–Kier alpha value is -3.74. The summed E-state index contributed by atoms with van der Waals surface area (Å²) < 4.78 is 16.3. The Kier molecular flexibility index (Phi) is 8.54. The van der Waals surface area contributed by atoms with Gasteiger partial charge in [-0.15, -0.1) is 0 Å². The number of amides is 1. The van der Waals surface area contributed by atoms with E-state index in [0.717, 1.165) is 24.9 Å². The molecule has 1 aliphatic heterocycles. The van der Waals surface area contributed by atoms with Gasteiger partial charge in [0, 0.05) is 37.9 Å². The normalized spacial score (nSPS) is 13.4. The van der Waals surface area contributed by atoms with Gasteiger partial charge in [0.1, 0.15) is 11.8 Å². The van der Waals surface area contributed by atoms with Crippen LogP contribution in [0.1, 0.15) is 30.5 Å². The highest BCUT2D eigenvalue weighted by Crippen LogP contribution is 2.29. The zero-order valence-corrected chi connectivity index (χ0v) is 21.9. The van der Waals surface area contributed by atoms with Gasteiger partial charge in [-0.3, -0.25) is 9.69 Å². The predicted molar refractivity (Wildman–Crippen MR) is 139 cm³/mol. The molecule has 0 bridgehead atoms. The highest BCUT2D eigenvalue weighted by Gasteiger charge is 2.21. The van der Waals surface area contributed by atoms with E-state index in [-0.39, 0.29) is 12.0 Å². The number of hydrogen-bond acceptors (Lipinski definition) is 8. The summed E-state index contributed by atoms with van der Waals surface area (Å²) in [4.78, 5) is 21.3. The van der Waals surface area contributed by atoms with Gasteiger partial charge in [-0.05, 0) is 69.1 Å². The van der Waals surface area contributed by atoms with E-state index in [2.05, 4.69) is 28.3 Å². The first-order valence-corrected chi connectivity index (χ1v) is 12.5. The van der Waals surface area contributed by atoms with Crippen molar-refractivity contribution in [3.63, 3.8) is 0 Å². The van der Waals surface area contributed by atoms with Crippen molar-refractivity contribution in [1.29, 1.82) is 5.26 Å². The topological polar surface area (TPSA) is 105 Å². The number of nitrogens with zero attached hydrogens (tertiary/aromatic N) is 5. The molecule has 0 atom stereocenters. The molecule has 0 aliphatic carbocycles. The van der Waals surface area contributed by atoms with Crippen molar-refractivity contribution in [1.82, 2.24) is 19.9 Å². The number of benzene rings is 2. The average Bonchev–Trinajstić information content (AvgIpc) is 3.28. The molecule has 4 rings (SSSR count). The molecule has 37 heavy (non-hydrogen) atoms. The summed E-state index contributed by atoms with van der Waals surface area (Å²) in [5.74, 6) is 1.49. The minimum Gasteiger partial charge on any atom is -0.490 e. The van der Waals surface area contributed by atoms with E-state index in [1.54, 1.807) is 19.2 Å². The molecule has 0 fully saturated rings. The molecule has 0 unspecified atom stereocenters. The summed E-state index contributed by atoms with van der Waals surface area (Å²) in [6.45, 7) is 6.92. The number of aromatic nitrogens is 2.